The van der Waals surface area contributed by atoms with Crippen LogP contribution in [-0.2, 0) is 9.53 Å². The highest BCUT2D eigenvalue weighted by molar-refractivity contribution is 5.90. The molecule has 7 heteroatoms. The number of hydrogen-bond donors (Lipinski definition) is 0. The first-order valence-corrected chi connectivity index (χ1v) is 8.02. The van der Waals surface area contributed by atoms with Gasteiger partial charge in [-0.15, -0.1) is 0 Å². The maximum absolute atomic E-state index is 12.0. The fourth-order valence-electron chi connectivity index (χ4n) is 2.50. The van der Waals surface area contributed by atoms with Crippen molar-refractivity contribution < 1.29 is 28.2 Å². The van der Waals surface area contributed by atoms with Crippen LogP contribution in [0.15, 0.2) is 57.7 Å². The van der Waals surface area contributed by atoms with Gasteiger partial charge in [0.05, 0.1) is 12.7 Å². The molecular formula is C20H16O7. The number of esters is 2. The second-order valence-electron chi connectivity index (χ2n) is 5.69. The highest BCUT2D eigenvalue weighted by Gasteiger charge is 2.11. The minimum atomic E-state index is -0.650. The third kappa shape index (κ3) is 4.33. The third-order valence-corrected chi connectivity index (χ3v) is 3.77. The van der Waals surface area contributed by atoms with Crippen molar-refractivity contribution in [3.05, 3.63) is 70.1 Å². The van der Waals surface area contributed by atoms with Crippen LogP contribution >= 0.6 is 0 Å². The summed E-state index contributed by atoms with van der Waals surface area (Å²) in [5.41, 5.74) is 0.972. The molecule has 2 aromatic carbocycles. The molecule has 0 atom stereocenters. The Labute approximate surface area is 154 Å². The zero-order valence-corrected chi connectivity index (χ0v) is 14.7. The van der Waals surface area contributed by atoms with Gasteiger partial charge in [0.15, 0.2) is 6.61 Å². The normalized spacial score (nSPS) is 10.4. The molecular weight excluding hydrogens is 352 g/mol. The van der Waals surface area contributed by atoms with Crippen molar-refractivity contribution in [3.8, 4) is 11.5 Å². The molecule has 0 spiro atoms. The van der Waals surface area contributed by atoms with Crippen molar-refractivity contribution in [3.63, 3.8) is 0 Å². The van der Waals surface area contributed by atoms with E-state index in [4.69, 9.17) is 13.9 Å². The van der Waals surface area contributed by atoms with E-state index in [-0.39, 0.29) is 17.9 Å². The first-order chi connectivity index (χ1) is 13.0. The second kappa shape index (κ2) is 7.74. The minimum Gasteiger partial charge on any atom is -0.482 e. The zero-order chi connectivity index (χ0) is 19.4. The van der Waals surface area contributed by atoms with E-state index >= 15 is 0 Å². The molecule has 0 unspecified atom stereocenters. The van der Waals surface area contributed by atoms with Gasteiger partial charge in [0.25, 0.3) is 0 Å². The molecule has 1 aromatic heterocycles. The number of carbonyl (C=O) groups is 2. The van der Waals surface area contributed by atoms with Crippen LogP contribution in [0, 0.1) is 6.92 Å². The largest absolute Gasteiger partial charge is 0.482 e. The smallest absolute Gasteiger partial charge is 0.349 e. The summed E-state index contributed by atoms with van der Waals surface area (Å²) in [5.74, 6) is -0.622. The van der Waals surface area contributed by atoms with Crippen molar-refractivity contribution >= 4 is 22.9 Å². The zero-order valence-electron chi connectivity index (χ0n) is 14.7. The van der Waals surface area contributed by atoms with Gasteiger partial charge in [-0.1, -0.05) is 6.07 Å². The standard InChI is InChI=1S/C20H16O7/c1-12-8-18(21)27-17-10-14(6-7-16(12)17)25-11-19(22)26-15-5-3-4-13(9-15)20(23)24-2/h3-10H,11H2,1-2H3. The Morgan fingerprint density at radius 3 is 2.63 bits per heavy atom. The summed E-state index contributed by atoms with van der Waals surface area (Å²) in [6, 6.07) is 12.4. The van der Waals surface area contributed by atoms with Gasteiger partial charge in [0.1, 0.15) is 17.1 Å². The van der Waals surface area contributed by atoms with Gasteiger partial charge in [-0.05, 0) is 42.8 Å². The van der Waals surface area contributed by atoms with E-state index < -0.39 is 17.6 Å². The number of carbonyl (C=O) groups excluding carboxylic acids is 2. The Kier molecular flexibility index (Phi) is 5.21. The van der Waals surface area contributed by atoms with E-state index in [9.17, 15) is 14.4 Å². The van der Waals surface area contributed by atoms with Crippen molar-refractivity contribution in [2.45, 2.75) is 6.92 Å². The Hall–Kier alpha value is -3.61. The molecule has 0 aliphatic heterocycles. The molecule has 3 rings (SSSR count). The summed E-state index contributed by atoms with van der Waals surface area (Å²) in [7, 11) is 1.27. The lowest BCUT2D eigenvalue weighted by Crippen LogP contribution is -2.18. The molecule has 0 N–H and O–H groups in total. The molecule has 3 aromatic rings. The first-order valence-electron chi connectivity index (χ1n) is 8.02. The third-order valence-electron chi connectivity index (χ3n) is 3.77. The monoisotopic (exact) mass is 368 g/mol. The summed E-state index contributed by atoms with van der Waals surface area (Å²) >= 11 is 0. The minimum absolute atomic E-state index is 0.201. The van der Waals surface area contributed by atoms with Crippen LogP contribution in [0.5, 0.6) is 11.5 Å². The number of methoxy groups -OCH3 is 1. The molecule has 7 nitrogen and oxygen atoms in total. The van der Waals surface area contributed by atoms with Crippen molar-refractivity contribution in [1.82, 2.24) is 0 Å². The molecule has 0 saturated carbocycles. The van der Waals surface area contributed by atoms with E-state index in [2.05, 4.69) is 4.74 Å². The summed E-state index contributed by atoms with van der Waals surface area (Å²) in [5, 5.41) is 0.782. The van der Waals surface area contributed by atoms with E-state index in [1.165, 1.54) is 31.4 Å². The van der Waals surface area contributed by atoms with Crippen molar-refractivity contribution in [2.75, 3.05) is 13.7 Å². The molecule has 0 saturated heterocycles. The molecule has 0 aliphatic carbocycles. The van der Waals surface area contributed by atoms with Gasteiger partial charge < -0.3 is 18.6 Å². The van der Waals surface area contributed by atoms with Crippen LogP contribution in [0.2, 0.25) is 0 Å². The number of benzene rings is 2. The Bertz CT molecular complexity index is 1070. The van der Waals surface area contributed by atoms with Crippen molar-refractivity contribution in [1.29, 1.82) is 0 Å². The van der Waals surface area contributed by atoms with Gasteiger partial charge >= 0.3 is 17.6 Å². The molecule has 0 amide bonds. The lowest BCUT2D eigenvalue weighted by molar-refractivity contribution is -0.136. The van der Waals surface area contributed by atoms with Crippen molar-refractivity contribution in [2.24, 2.45) is 0 Å². The predicted molar refractivity (Wildman–Crippen MR) is 96.1 cm³/mol. The first kappa shape index (κ1) is 18.2. The Balaban J connectivity index is 1.66. The number of ether oxygens (including phenoxy) is 3. The summed E-state index contributed by atoms with van der Waals surface area (Å²) < 4.78 is 20.3. The van der Waals surface area contributed by atoms with Gasteiger partial charge in [0, 0.05) is 17.5 Å². The van der Waals surface area contributed by atoms with Crippen LogP contribution in [0.3, 0.4) is 0 Å². The molecule has 1 heterocycles. The molecule has 0 bridgehead atoms. The fraction of sp³-hybridized carbons (Fsp3) is 0.150. The van der Waals surface area contributed by atoms with Gasteiger partial charge in [-0.25, -0.2) is 14.4 Å². The molecule has 138 valence electrons. The van der Waals surface area contributed by atoms with Crippen LogP contribution in [-0.4, -0.2) is 25.7 Å². The average Bonchev–Trinajstić information content (AvgIpc) is 2.65. The van der Waals surface area contributed by atoms with Gasteiger partial charge in [-0.2, -0.15) is 0 Å². The maximum atomic E-state index is 12.0. The summed E-state index contributed by atoms with van der Waals surface area (Å²) in [6.45, 7) is 1.45. The lowest BCUT2D eigenvalue weighted by atomic mass is 10.1. The fourth-order valence-corrected chi connectivity index (χ4v) is 2.50. The van der Waals surface area contributed by atoms with Crippen LogP contribution < -0.4 is 15.1 Å². The van der Waals surface area contributed by atoms with Gasteiger partial charge in [0.2, 0.25) is 0 Å². The van der Waals surface area contributed by atoms with E-state index in [1.54, 1.807) is 31.2 Å². The quantitative estimate of drug-likeness (QED) is 0.388. The highest BCUT2D eigenvalue weighted by atomic mass is 16.6. The van der Waals surface area contributed by atoms with Crippen LogP contribution in [0.4, 0.5) is 0 Å². The van der Waals surface area contributed by atoms with E-state index in [0.717, 1.165) is 10.9 Å². The van der Waals surface area contributed by atoms with Crippen LogP contribution in [0.25, 0.3) is 11.0 Å². The van der Waals surface area contributed by atoms with Crippen LogP contribution in [0.1, 0.15) is 15.9 Å². The number of aryl methyl sites for hydroxylation is 1. The number of hydrogen-bond acceptors (Lipinski definition) is 7. The topological polar surface area (TPSA) is 92.0 Å². The summed E-state index contributed by atoms with van der Waals surface area (Å²) in [4.78, 5) is 34.9. The summed E-state index contributed by atoms with van der Waals surface area (Å²) in [6.07, 6.45) is 0. The van der Waals surface area contributed by atoms with E-state index in [0.29, 0.717) is 11.3 Å². The molecule has 0 aliphatic rings. The Morgan fingerprint density at radius 2 is 1.85 bits per heavy atom. The number of rotatable bonds is 5. The maximum Gasteiger partial charge on any atom is 0.349 e. The average molecular weight is 368 g/mol. The van der Waals surface area contributed by atoms with E-state index in [1.807, 2.05) is 0 Å². The molecule has 27 heavy (non-hydrogen) atoms. The number of fused-ring (bicyclic) bond motifs is 1. The molecule has 0 radical (unpaired) electrons. The molecule has 0 fully saturated rings. The predicted octanol–water partition coefficient (Wildman–Crippen LogP) is 2.87. The second-order valence-corrected chi connectivity index (χ2v) is 5.69. The highest BCUT2D eigenvalue weighted by Crippen LogP contribution is 2.22. The van der Waals surface area contributed by atoms with Gasteiger partial charge in [-0.3, -0.25) is 0 Å². The SMILES string of the molecule is COC(=O)c1cccc(OC(=O)COc2ccc3c(C)cc(=O)oc3c2)c1. The lowest BCUT2D eigenvalue weighted by Gasteiger charge is -2.08. The Morgan fingerprint density at radius 1 is 1.04 bits per heavy atom.